The standard InChI is InChI=1S/C14H15NO2/c1-2-3-12-9-16-14(17-10-12)13-6-4-11(8-15)5-7-13/h2-7,12,14H,9-10H2,1H3/t12-,14-. The monoisotopic (exact) mass is 229 g/mol. The van der Waals surface area contributed by atoms with Crippen molar-refractivity contribution in [3.63, 3.8) is 0 Å². The molecule has 0 unspecified atom stereocenters. The van der Waals surface area contributed by atoms with Crippen molar-refractivity contribution < 1.29 is 9.47 Å². The Morgan fingerprint density at radius 3 is 2.41 bits per heavy atom. The van der Waals surface area contributed by atoms with Crippen molar-refractivity contribution in [3.05, 3.63) is 47.5 Å². The van der Waals surface area contributed by atoms with Gasteiger partial charge in [-0.15, -0.1) is 0 Å². The van der Waals surface area contributed by atoms with Gasteiger partial charge in [0.2, 0.25) is 0 Å². The predicted molar refractivity (Wildman–Crippen MR) is 64.1 cm³/mol. The van der Waals surface area contributed by atoms with Crippen molar-refractivity contribution in [2.45, 2.75) is 13.2 Å². The molecular weight excluding hydrogens is 214 g/mol. The van der Waals surface area contributed by atoms with E-state index in [9.17, 15) is 0 Å². The van der Waals surface area contributed by atoms with Crippen molar-refractivity contribution in [2.24, 2.45) is 5.92 Å². The number of ether oxygens (including phenoxy) is 2. The van der Waals surface area contributed by atoms with Gasteiger partial charge in [0.25, 0.3) is 0 Å². The summed E-state index contributed by atoms with van der Waals surface area (Å²) in [5.41, 5.74) is 1.61. The van der Waals surface area contributed by atoms with Crippen LogP contribution >= 0.6 is 0 Å². The SMILES string of the molecule is CC=C[C@H]1CO[C@H](c2ccc(C#N)cc2)OC1. The maximum Gasteiger partial charge on any atom is 0.183 e. The average Bonchev–Trinajstić information content (AvgIpc) is 2.40. The lowest BCUT2D eigenvalue weighted by atomic mass is 10.1. The number of hydrogen-bond acceptors (Lipinski definition) is 3. The Morgan fingerprint density at radius 1 is 1.24 bits per heavy atom. The zero-order valence-corrected chi connectivity index (χ0v) is 9.80. The van der Waals surface area contributed by atoms with Gasteiger partial charge in [-0.25, -0.2) is 0 Å². The summed E-state index contributed by atoms with van der Waals surface area (Å²) in [5, 5.41) is 8.71. The highest BCUT2D eigenvalue weighted by Crippen LogP contribution is 2.25. The lowest BCUT2D eigenvalue weighted by Crippen LogP contribution is -2.25. The Labute approximate surface area is 101 Å². The van der Waals surface area contributed by atoms with Gasteiger partial charge >= 0.3 is 0 Å². The lowest BCUT2D eigenvalue weighted by molar-refractivity contribution is -0.197. The number of hydrogen-bond donors (Lipinski definition) is 0. The van der Waals surface area contributed by atoms with E-state index in [1.807, 2.05) is 25.1 Å². The van der Waals surface area contributed by atoms with Gasteiger partial charge in [-0.2, -0.15) is 5.26 Å². The zero-order valence-electron chi connectivity index (χ0n) is 9.80. The highest BCUT2D eigenvalue weighted by molar-refractivity contribution is 5.32. The minimum atomic E-state index is -0.302. The molecule has 1 fully saturated rings. The lowest BCUT2D eigenvalue weighted by Gasteiger charge is -2.28. The molecule has 1 aromatic rings. The van der Waals surface area contributed by atoms with Crippen LogP contribution in [0.1, 0.15) is 24.3 Å². The summed E-state index contributed by atoms with van der Waals surface area (Å²) >= 11 is 0. The molecule has 1 aliphatic rings. The first-order valence-electron chi connectivity index (χ1n) is 5.69. The summed E-state index contributed by atoms with van der Waals surface area (Å²) in [6, 6.07) is 9.39. The van der Waals surface area contributed by atoms with Gasteiger partial charge in [-0.1, -0.05) is 24.3 Å². The van der Waals surface area contributed by atoms with E-state index in [-0.39, 0.29) is 6.29 Å². The van der Waals surface area contributed by atoms with Crippen LogP contribution in [0.4, 0.5) is 0 Å². The van der Waals surface area contributed by atoms with Crippen LogP contribution in [0, 0.1) is 17.2 Å². The molecule has 0 N–H and O–H groups in total. The highest BCUT2D eigenvalue weighted by Gasteiger charge is 2.21. The quantitative estimate of drug-likeness (QED) is 0.732. The Morgan fingerprint density at radius 2 is 1.88 bits per heavy atom. The molecule has 17 heavy (non-hydrogen) atoms. The molecule has 0 spiro atoms. The van der Waals surface area contributed by atoms with E-state index in [4.69, 9.17) is 14.7 Å². The molecule has 0 radical (unpaired) electrons. The zero-order chi connectivity index (χ0) is 12.1. The normalized spacial score (nSPS) is 24.7. The molecule has 0 bridgehead atoms. The third kappa shape index (κ3) is 2.94. The molecule has 0 amide bonds. The van der Waals surface area contributed by atoms with Crippen LogP contribution in [0.15, 0.2) is 36.4 Å². The van der Waals surface area contributed by atoms with Gasteiger partial charge in [-0.3, -0.25) is 0 Å². The Bertz CT molecular complexity index is 423. The minimum Gasteiger partial charge on any atom is -0.348 e. The largest absolute Gasteiger partial charge is 0.348 e. The van der Waals surface area contributed by atoms with Gasteiger partial charge in [0, 0.05) is 11.5 Å². The van der Waals surface area contributed by atoms with E-state index >= 15 is 0 Å². The highest BCUT2D eigenvalue weighted by atomic mass is 16.7. The molecule has 3 heteroatoms. The molecule has 88 valence electrons. The van der Waals surface area contributed by atoms with Crippen molar-refractivity contribution in [3.8, 4) is 6.07 Å². The number of rotatable bonds is 2. The van der Waals surface area contributed by atoms with Gasteiger partial charge in [0.05, 0.1) is 24.8 Å². The molecule has 1 aromatic carbocycles. The van der Waals surface area contributed by atoms with Crippen molar-refractivity contribution in [1.29, 1.82) is 5.26 Å². The predicted octanol–water partition coefficient (Wildman–Crippen LogP) is 2.80. The fourth-order valence-electron chi connectivity index (χ4n) is 1.81. The molecule has 0 aromatic heterocycles. The first-order chi connectivity index (χ1) is 8.33. The smallest absolute Gasteiger partial charge is 0.183 e. The van der Waals surface area contributed by atoms with Crippen molar-refractivity contribution >= 4 is 0 Å². The molecule has 0 aliphatic carbocycles. The number of allylic oxidation sites excluding steroid dienone is 1. The number of benzene rings is 1. The number of nitriles is 1. The first kappa shape index (κ1) is 11.8. The Balaban J connectivity index is 1.98. The van der Waals surface area contributed by atoms with Crippen LogP contribution in [0.3, 0.4) is 0 Å². The summed E-state index contributed by atoms with van der Waals surface area (Å²) in [4.78, 5) is 0. The molecule has 0 atom stereocenters. The second kappa shape index (κ2) is 5.62. The summed E-state index contributed by atoms with van der Waals surface area (Å²) in [6.45, 7) is 3.34. The van der Waals surface area contributed by atoms with E-state index in [0.717, 1.165) is 5.56 Å². The van der Waals surface area contributed by atoms with Crippen LogP contribution in [0.25, 0.3) is 0 Å². The molecular formula is C14H15NO2. The molecule has 3 nitrogen and oxygen atoms in total. The fourth-order valence-corrected chi connectivity index (χ4v) is 1.81. The second-order valence-corrected chi connectivity index (χ2v) is 4.02. The van der Waals surface area contributed by atoms with Gasteiger partial charge < -0.3 is 9.47 Å². The molecule has 2 rings (SSSR count). The van der Waals surface area contributed by atoms with E-state index in [0.29, 0.717) is 24.7 Å². The Hall–Kier alpha value is -1.63. The van der Waals surface area contributed by atoms with Crippen molar-refractivity contribution in [1.82, 2.24) is 0 Å². The molecule has 0 saturated carbocycles. The minimum absolute atomic E-state index is 0.302. The van der Waals surface area contributed by atoms with Gasteiger partial charge in [-0.05, 0) is 19.1 Å². The van der Waals surface area contributed by atoms with Crippen LogP contribution < -0.4 is 0 Å². The topological polar surface area (TPSA) is 42.2 Å². The second-order valence-electron chi connectivity index (χ2n) is 4.02. The van der Waals surface area contributed by atoms with E-state index < -0.39 is 0 Å². The summed E-state index contributed by atoms with van der Waals surface area (Å²) < 4.78 is 11.3. The fraction of sp³-hybridized carbons (Fsp3) is 0.357. The maximum absolute atomic E-state index is 8.71. The average molecular weight is 229 g/mol. The molecule has 1 aliphatic heterocycles. The molecule has 1 heterocycles. The summed E-state index contributed by atoms with van der Waals surface area (Å²) in [5.74, 6) is 0.342. The first-order valence-corrected chi connectivity index (χ1v) is 5.69. The summed E-state index contributed by atoms with van der Waals surface area (Å²) in [6.07, 6.45) is 3.80. The van der Waals surface area contributed by atoms with Crippen LogP contribution in [0.5, 0.6) is 0 Å². The van der Waals surface area contributed by atoms with E-state index in [2.05, 4.69) is 12.1 Å². The third-order valence-electron chi connectivity index (χ3n) is 2.70. The van der Waals surface area contributed by atoms with Gasteiger partial charge in [0.1, 0.15) is 0 Å². The van der Waals surface area contributed by atoms with Crippen molar-refractivity contribution in [2.75, 3.05) is 13.2 Å². The van der Waals surface area contributed by atoms with Gasteiger partial charge in [0.15, 0.2) is 6.29 Å². The maximum atomic E-state index is 8.71. The van der Waals surface area contributed by atoms with E-state index in [1.54, 1.807) is 12.1 Å². The summed E-state index contributed by atoms with van der Waals surface area (Å²) in [7, 11) is 0. The number of nitrogens with zero attached hydrogens (tertiary/aromatic N) is 1. The van der Waals surface area contributed by atoms with Crippen LogP contribution in [0.2, 0.25) is 0 Å². The van der Waals surface area contributed by atoms with E-state index in [1.165, 1.54) is 0 Å². The van der Waals surface area contributed by atoms with Crippen LogP contribution in [-0.2, 0) is 9.47 Å². The Kier molecular flexibility index (Phi) is 3.92. The molecule has 1 saturated heterocycles. The van der Waals surface area contributed by atoms with Crippen LogP contribution in [-0.4, -0.2) is 13.2 Å². The third-order valence-corrected chi connectivity index (χ3v) is 2.70.